The molecule has 2 aliphatic rings. The molecule has 0 saturated carbocycles. The Labute approximate surface area is 179 Å². The molecule has 2 amide bonds. The van der Waals surface area contributed by atoms with Crippen molar-refractivity contribution in [3.63, 3.8) is 0 Å². The number of benzene rings is 2. The molecule has 0 radical (unpaired) electrons. The van der Waals surface area contributed by atoms with E-state index < -0.39 is 0 Å². The Kier molecular flexibility index (Phi) is 5.54. The zero-order valence-corrected chi connectivity index (χ0v) is 18.4. The molecule has 2 saturated heterocycles. The highest BCUT2D eigenvalue weighted by molar-refractivity contribution is 6.00. The molecule has 0 N–H and O–H groups in total. The Hall–Kier alpha value is -2.82. The number of anilines is 2. The minimum Gasteiger partial charge on any atom is -0.368 e. The Morgan fingerprint density at radius 3 is 2.33 bits per heavy atom. The topological polar surface area (TPSA) is 43.9 Å². The van der Waals surface area contributed by atoms with Crippen LogP contribution in [0, 0.1) is 33.6 Å². The lowest BCUT2D eigenvalue weighted by atomic mass is 10.0. The minimum absolute atomic E-state index is 0.0469. The van der Waals surface area contributed by atoms with Crippen LogP contribution in [-0.4, -0.2) is 49.4 Å². The van der Waals surface area contributed by atoms with Crippen molar-refractivity contribution in [2.24, 2.45) is 5.92 Å². The summed E-state index contributed by atoms with van der Waals surface area (Å²) in [6, 6.07) is 12.5. The highest BCUT2D eigenvalue weighted by atomic mass is 16.2. The van der Waals surface area contributed by atoms with Gasteiger partial charge in [0.15, 0.2) is 0 Å². The average Bonchev–Trinajstić information content (AvgIpc) is 3.13. The van der Waals surface area contributed by atoms with Crippen molar-refractivity contribution in [2.45, 2.75) is 34.1 Å². The summed E-state index contributed by atoms with van der Waals surface area (Å²) < 4.78 is 0. The Balaban J connectivity index is 1.39. The second-order valence-corrected chi connectivity index (χ2v) is 8.71. The van der Waals surface area contributed by atoms with Gasteiger partial charge in [-0.2, -0.15) is 0 Å². The van der Waals surface area contributed by atoms with Crippen LogP contribution in [0.15, 0.2) is 36.4 Å². The SMILES string of the molecule is Cc1ccc(N2C[C@H](C(=O)N3CCN(c4cccc(C)c4C)CC3)CC2=O)cc1C. The first-order chi connectivity index (χ1) is 14.3. The highest BCUT2D eigenvalue weighted by Crippen LogP contribution is 2.29. The van der Waals surface area contributed by atoms with Crippen LogP contribution in [0.2, 0.25) is 0 Å². The van der Waals surface area contributed by atoms with Crippen LogP contribution in [-0.2, 0) is 9.59 Å². The van der Waals surface area contributed by atoms with E-state index in [1.54, 1.807) is 4.90 Å². The number of aryl methyl sites for hydroxylation is 3. The number of carbonyl (C=O) groups is 2. The molecular weight excluding hydrogens is 374 g/mol. The predicted octanol–water partition coefficient (Wildman–Crippen LogP) is 3.62. The number of hydrogen-bond donors (Lipinski definition) is 0. The maximum atomic E-state index is 13.1. The molecule has 5 nitrogen and oxygen atoms in total. The van der Waals surface area contributed by atoms with Gasteiger partial charge in [0.05, 0.1) is 5.92 Å². The molecule has 0 spiro atoms. The van der Waals surface area contributed by atoms with E-state index in [1.807, 2.05) is 23.1 Å². The van der Waals surface area contributed by atoms with Crippen LogP contribution in [0.4, 0.5) is 11.4 Å². The van der Waals surface area contributed by atoms with Crippen LogP contribution >= 0.6 is 0 Å². The summed E-state index contributed by atoms with van der Waals surface area (Å²) in [5.74, 6) is -0.0766. The molecule has 2 aromatic rings. The molecule has 0 aliphatic carbocycles. The molecule has 0 bridgehead atoms. The first-order valence-corrected chi connectivity index (χ1v) is 10.8. The first kappa shape index (κ1) is 20.5. The average molecular weight is 406 g/mol. The second kappa shape index (κ2) is 8.13. The smallest absolute Gasteiger partial charge is 0.228 e. The van der Waals surface area contributed by atoms with Crippen LogP contribution in [0.25, 0.3) is 0 Å². The van der Waals surface area contributed by atoms with Crippen molar-refractivity contribution in [1.29, 1.82) is 0 Å². The lowest BCUT2D eigenvalue weighted by Crippen LogP contribution is -2.51. The van der Waals surface area contributed by atoms with Crippen molar-refractivity contribution in [2.75, 3.05) is 42.5 Å². The van der Waals surface area contributed by atoms with E-state index in [9.17, 15) is 9.59 Å². The molecule has 2 aliphatic heterocycles. The molecule has 30 heavy (non-hydrogen) atoms. The predicted molar refractivity (Wildman–Crippen MR) is 121 cm³/mol. The van der Waals surface area contributed by atoms with Gasteiger partial charge >= 0.3 is 0 Å². The van der Waals surface area contributed by atoms with Gasteiger partial charge in [0.2, 0.25) is 11.8 Å². The molecule has 1 atom stereocenters. The zero-order valence-electron chi connectivity index (χ0n) is 18.4. The number of nitrogens with zero attached hydrogens (tertiary/aromatic N) is 3. The van der Waals surface area contributed by atoms with E-state index >= 15 is 0 Å². The van der Waals surface area contributed by atoms with Gasteiger partial charge in [-0.05, 0) is 68.1 Å². The summed E-state index contributed by atoms with van der Waals surface area (Å²) in [6.45, 7) is 12.0. The lowest BCUT2D eigenvalue weighted by molar-refractivity contribution is -0.136. The largest absolute Gasteiger partial charge is 0.368 e. The van der Waals surface area contributed by atoms with Gasteiger partial charge in [0.1, 0.15) is 0 Å². The molecule has 2 fully saturated rings. The van der Waals surface area contributed by atoms with E-state index in [0.29, 0.717) is 26.1 Å². The maximum absolute atomic E-state index is 13.1. The summed E-state index contributed by atoms with van der Waals surface area (Å²) >= 11 is 0. The van der Waals surface area contributed by atoms with Crippen molar-refractivity contribution in [3.8, 4) is 0 Å². The van der Waals surface area contributed by atoms with Crippen molar-refractivity contribution in [1.82, 2.24) is 4.90 Å². The summed E-state index contributed by atoms with van der Waals surface area (Å²) in [5.41, 5.74) is 7.14. The third kappa shape index (κ3) is 3.81. The van der Waals surface area contributed by atoms with Crippen LogP contribution < -0.4 is 9.80 Å². The molecule has 0 unspecified atom stereocenters. The standard InChI is InChI=1S/C25H31N3O2/c1-17-8-9-22(14-19(17)3)28-16-21(15-24(28)29)25(30)27-12-10-26(11-13-27)23-7-5-6-18(2)20(23)4/h5-9,14,21H,10-13,15-16H2,1-4H3/t21-/m1/s1. The van der Waals surface area contributed by atoms with E-state index in [4.69, 9.17) is 0 Å². The highest BCUT2D eigenvalue weighted by Gasteiger charge is 2.38. The molecule has 5 heteroatoms. The van der Waals surface area contributed by atoms with Gasteiger partial charge in [0.25, 0.3) is 0 Å². The van der Waals surface area contributed by atoms with Crippen LogP contribution in [0.1, 0.15) is 28.7 Å². The molecule has 158 valence electrons. The monoisotopic (exact) mass is 405 g/mol. The van der Waals surface area contributed by atoms with E-state index in [1.165, 1.54) is 22.4 Å². The normalized spacial score (nSPS) is 19.5. The van der Waals surface area contributed by atoms with E-state index in [0.717, 1.165) is 24.3 Å². The fourth-order valence-electron chi connectivity index (χ4n) is 4.52. The number of carbonyl (C=O) groups excluding carboxylic acids is 2. The zero-order chi connectivity index (χ0) is 21.4. The first-order valence-electron chi connectivity index (χ1n) is 10.8. The Morgan fingerprint density at radius 1 is 0.900 bits per heavy atom. The van der Waals surface area contributed by atoms with E-state index in [2.05, 4.69) is 50.8 Å². The Bertz CT molecular complexity index is 976. The maximum Gasteiger partial charge on any atom is 0.228 e. The van der Waals surface area contributed by atoms with Gasteiger partial charge < -0.3 is 14.7 Å². The summed E-state index contributed by atoms with van der Waals surface area (Å²) in [4.78, 5) is 31.9. The summed E-state index contributed by atoms with van der Waals surface area (Å²) in [6.07, 6.45) is 0.308. The van der Waals surface area contributed by atoms with Gasteiger partial charge in [-0.1, -0.05) is 18.2 Å². The second-order valence-electron chi connectivity index (χ2n) is 8.71. The van der Waals surface area contributed by atoms with E-state index in [-0.39, 0.29) is 17.7 Å². The van der Waals surface area contributed by atoms with Gasteiger partial charge in [-0.15, -0.1) is 0 Å². The lowest BCUT2D eigenvalue weighted by Gasteiger charge is -2.38. The number of hydrogen-bond acceptors (Lipinski definition) is 3. The van der Waals surface area contributed by atoms with Crippen LogP contribution in [0.3, 0.4) is 0 Å². The van der Waals surface area contributed by atoms with Gasteiger partial charge in [0, 0.05) is 50.5 Å². The Morgan fingerprint density at radius 2 is 1.63 bits per heavy atom. The summed E-state index contributed by atoms with van der Waals surface area (Å²) in [7, 11) is 0. The fourth-order valence-corrected chi connectivity index (χ4v) is 4.52. The number of piperazine rings is 1. The van der Waals surface area contributed by atoms with Gasteiger partial charge in [-0.25, -0.2) is 0 Å². The summed E-state index contributed by atoms with van der Waals surface area (Å²) in [5, 5.41) is 0. The third-order valence-electron chi connectivity index (χ3n) is 6.78. The fraction of sp³-hybridized carbons (Fsp3) is 0.440. The number of rotatable bonds is 3. The van der Waals surface area contributed by atoms with Crippen molar-refractivity contribution >= 4 is 23.2 Å². The van der Waals surface area contributed by atoms with Crippen molar-refractivity contribution < 1.29 is 9.59 Å². The number of amides is 2. The molecule has 4 rings (SSSR count). The molecule has 2 heterocycles. The minimum atomic E-state index is -0.244. The third-order valence-corrected chi connectivity index (χ3v) is 6.78. The van der Waals surface area contributed by atoms with Crippen LogP contribution in [0.5, 0.6) is 0 Å². The van der Waals surface area contributed by atoms with Gasteiger partial charge in [-0.3, -0.25) is 9.59 Å². The van der Waals surface area contributed by atoms with Crippen molar-refractivity contribution in [3.05, 3.63) is 58.7 Å². The molecule has 2 aromatic carbocycles. The molecule has 0 aromatic heterocycles. The quantitative estimate of drug-likeness (QED) is 0.783. The molecular formula is C25H31N3O2.